The van der Waals surface area contributed by atoms with Crippen LogP contribution in [0.5, 0.6) is 0 Å². The topological polar surface area (TPSA) is 0 Å². The van der Waals surface area contributed by atoms with E-state index in [9.17, 15) is 0 Å². The molecule has 0 rings (SSSR count). The average Bonchev–Trinajstić information content (AvgIpc) is 2.03. The molecule has 0 heterocycles. The minimum absolute atomic E-state index is 0. The molecule has 0 bridgehead atoms. The maximum Gasteiger partial charge on any atom is 0.187 e. The molecule has 73 valence electrons. The van der Waals surface area contributed by atoms with Crippen LogP contribution >= 0.6 is 0 Å². The van der Waals surface area contributed by atoms with Crippen molar-refractivity contribution in [2.24, 2.45) is 0 Å². The van der Waals surface area contributed by atoms with Crippen LogP contribution in [-0.4, -0.2) is 17.4 Å². The molecule has 12 heavy (non-hydrogen) atoms. The number of hydrogen-bond donors (Lipinski definition) is 0. The number of hydrogen-bond acceptors (Lipinski definition) is 0. The molecule has 0 aliphatic carbocycles. The van der Waals surface area contributed by atoms with Crippen molar-refractivity contribution < 1.29 is 0 Å². The summed E-state index contributed by atoms with van der Waals surface area (Å²) >= 11 is 0. The first-order valence-corrected chi connectivity index (χ1v) is 5.21. The Morgan fingerprint density at radius 2 is 1.17 bits per heavy atom. The van der Waals surface area contributed by atoms with Gasteiger partial charge in [-0.2, -0.15) is 0 Å². The van der Waals surface area contributed by atoms with Gasteiger partial charge in [-0.15, -0.1) is 0 Å². The van der Waals surface area contributed by atoms with Crippen LogP contribution < -0.4 is 0 Å². The molecular weight excluding hydrogens is 159 g/mol. The summed E-state index contributed by atoms with van der Waals surface area (Å²) in [7, 11) is 0. The second-order valence-corrected chi connectivity index (χ2v) is 3.33. The minimum Gasteiger partial charge on any atom is -0.0654 e. The van der Waals surface area contributed by atoms with Crippen molar-refractivity contribution in [3.05, 3.63) is 6.92 Å². The van der Waals surface area contributed by atoms with E-state index in [1.54, 1.807) is 0 Å². The first-order valence-electron chi connectivity index (χ1n) is 5.21. The molecule has 0 aliphatic rings. The Labute approximate surface area is 89.3 Å². The van der Waals surface area contributed by atoms with Gasteiger partial charge < -0.3 is 0 Å². The summed E-state index contributed by atoms with van der Waals surface area (Å²) in [5, 5.41) is 0. The molecular formula is C11H26Al. The van der Waals surface area contributed by atoms with E-state index in [-0.39, 0.29) is 17.4 Å². The normalized spacial score (nSPS) is 9.50. The summed E-state index contributed by atoms with van der Waals surface area (Å²) in [5.41, 5.74) is 0. The fourth-order valence-corrected chi connectivity index (χ4v) is 1.31. The van der Waals surface area contributed by atoms with E-state index < -0.39 is 0 Å². The average molecular weight is 185 g/mol. The van der Waals surface area contributed by atoms with Gasteiger partial charge in [-0.3, -0.25) is 0 Å². The van der Waals surface area contributed by atoms with E-state index in [0.717, 1.165) is 6.42 Å². The van der Waals surface area contributed by atoms with E-state index in [2.05, 4.69) is 13.8 Å². The van der Waals surface area contributed by atoms with Gasteiger partial charge in [0.1, 0.15) is 0 Å². The molecule has 0 saturated heterocycles. The molecule has 1 radical (unpaired) electrons. The maximum absolute atomic E-state index is 3.83. The summed E-state index contributed by atoms with van der Waals surface area (Å²) in [4.78, 5) is 0. The highest BCUT2D eigenvalue weighted by Crippen LogP contribution is 2.08. The molecule has 0 unspecified atom stereocenters. The molecule has 0 aromatic carbocycles. The van der Waals surface area contributed by atoms with Crippen molar-refractivity contribution in [2.75, 3.05) is 0 Å². The minimum atomic E-state index is 0. The van der Waals surface area contributed by atoms with Crippen LogP contribution in [0.2, 0.25) is 0 Å². The Balaban J connectivity index is 0. The summed E-state index contributed by atoms with van der Waals surface area (Å²) in [5.74, 6) is 0. The fourth-order valence-electron chi connectivity index (χ4n) is 1.31. The zero-order valence-corrected chi connectivity index (χ0v) is 8.07. The van der Waals surface area contributed by atoms with Crippen LogP contribution in [0.15, 0.2) is 0 Å². The third-order valence-electron chi connectivity index (χ3n) is 2.10. The molecule has 0 aromatic rings. The number of unbranched alkanes of at least 4 members (excludes halogenated alkanes) is 8. The molecule has 0 N–H and O–H groups in total. The fraction of sp³-hybridized carbons (Fsp3) is 0.909. The molecule has 0 atom stereocenters. The first-order chi connectivity index (χ1) is 5.41. The van der Waals surface area contributed by atoms with Crippen molar-refractivity contribution in [3.63, 3.8) is 0 Å². The van der Waals surface area contributed by atoms with Gasteiger partial charge in [0.2, 0.25) is 0 Å². The van der Waals surface area contributed by atoms with Gasteiger partial charge in [-0.05, 0) is 0 Å². The van der Waals surface area contributed by atoms with E-state index >= 15 is 0 Å². The summed E-state index contributed by atoms with van der Waals surface area (Å²) < 4.78 is 0. The van der Waals surface area contributed by atoms with Crippen molar-refractivity contribution >= 4 is 17.4 Å². The van der Waals surface area contributed by atoms with Gasteiger partial charge >= 0.3 is 0 Å². The van der Waals surface area contributed by atoms with Crippen molar-refractivity contribution in [2.45, 2.75) is 64.7 Å². The molecule has 0 saturated carbocycles. The Morgan fingerprint density at radius 1 is 0.750 bits per heavy atom. The highest BCUT2D eigenvalue weighted by Gasteiger charge is 1.88. The predicted molar refractivity (Wildman–Crippen MR) is 62.5 cm³/mol. The SMILES string of the molecule is [AlH3].[CH2]CCCCCCCCCC. The standard InChI is InChI=1S/C11H23.Al.3H/c1-3-5-7-9-11-10-8-6-4-2;;;;/h1,3-11H2,2H3;;;;. The highest BCUT2D eigenvalue weighted by atomic mass is 27.0. The Hall–Kier alpha value is 0.532. The largest absolute Gasteiger partial charge is 0.187 e. The lowest BCUT2D eigenvalue weighted by Gasteiger charge is -1.98. The third kappa shape index (κ3) is 13.1. The Bertz CT molecular complexity index is 54.0. The summed E-state index contributed by atoms with van der Waals surface area (Å²) in [6.07, 6.45) is 12.4. The Kier molecular flexibility index (Phi) is 17.6. The van der Waals surface area contributed by atoms with Crippen LogP contribution in [0.4, 0.5) is 0 Å². The van der Waals surface area contributed by atoms with Gasteiger partial charge in [0.25, 0.3) is 0 Å². The predicted octanol–water partition coefficient (Wildman–Crippen LogP) is 3.17. The van der Waals surface area contributed by atoms with Crippen LogP contribution in [-0.2, 0) is 0 Å². The lowest BCUT2D eigenvalue weighted by atomic mass is 10.1. The van der Waals surface area contributed by atoms with Crippen molar-refractivity contribution in [1.82, 2.24) is 0 Å². The van der Waals surface area contributed by atoms with Gasteiger partial charge in [0.05, 0.1) is 0 Å². The Morgan fingerprint density at radius 3 is 1.58 bits per heavy atom. The molecule has 0 fully saturated rings. The van der Waals surface area contributed by atoms with Gasteiger partial charge in [0, 0.05) is 0 Å². The van der Waals surface area contributed by atoms with E-state index in [4.69, 9.17) is 0 Å². The number of rotatable bonds is 8. The van der Waals surface area contributed by atoms with Crippen molar-refractivity contribution in [1.29, 1.82) is 0 Å². The summed E-state index contributed by atoms with van der Waals surface area (Å²) in [6.45, 7) is 6.10. The highest BCUT2D eigenvalue weighted by molar-refractivity contribution is 5.75. The lowest BCUT2D eigenvalue weighted by Crippen LogP contribution is -1.79. The van der Waals surface area contributed by atoms with Crippen molar-refractivity contribution in [3.8, 4) is 0 Å². The second kappa shape index (κ2) is 14.1. The quantitative estimate of drug-likeness (QED) is 0.402. The molecule has 1 heteroatoms. The smallest absolute Gasteiger partial charge is 0.0654 e. The second-order valence-electron chi connectivity index (χ2n) is 3.33. The molecule has 0 aliphatic heterocycles. The molecule has 0 aromatic heterocycles. The van der Waals surface area contributed by atoms with E-state index in [1.165, 1.54) is 51.4 Å². The summed E-state index contributed by atoms with van der Waals surface area (Å²) in [6, 6.07) is 0. The van der Waals surface area contributed by atoms with E-state index in [0.29, 0.717) is 0 Å². The maximum atomic E-state index is 3.83. The van der Waals surface area contributed by atoms with Gasteiger partial charge in [-0.1, -0.05) is 71.6 Å². The zero-order valence-electron chi connectivity index (χ0n) is 8.07. The van der Waals surface area contributed by atoms with Crippen LogP contribution in [0.25, 0.3) is 0 Å². The van der Waals surface area contributed by atoms with Crippen LogP contribution in [0.3, 0.4) is 0 Å². The lowest BCUT2D eigenvalue weighted by molar-refractivity contribution is 0.577. The molecule has 0 nitrogen and oxygen atoms in total. The monoisotopic (exact) mass is 185 g/mol. The van der Waals surface area contributed by atoms with E-state index in [1.807, 2.05) is 0 Å². The van der Waals surface area contributed by atoms with Crippen LogP contribution in [0, 0.1) is 6.92 Å². The third-order valence-corrected chi connectivity index (χ3v) is 2.10. The molecule has 0 amide bonds. The first kappa shape index (κ1) is 15.0. The van der Waals surface area contributed by atoms with Crippen LogP contribution in [0.1, 0.15) is 64.7 Å². The van der Waals surface area contributed by atoms with Gasteiger partial charge in [-0.25, -0.2) is 0 Å². The zero-order chi connectivity index (χ0) is 8.36. The van der Waals surface area contributed by atoms with Gasteiger partial charge in [0.15, 0.2) is 17.4 Å². The molecule has 0 spiro atoms.